The SMILES string of the molecule is CCC(NC(=O)c1cccc(COc2ccc(C=O)cc2)c1)C(=O)O. The van der Waals surface area contributed by atoms with E-state index >= 15 is 0 Å². The maximum Gasteiger partial charge on any atom is 0.326 e. The minimum absolute atomic E-state index is 0.248. The number of amides is 1. The first-order valence-electron chi connectivity index (χ1n) is 7.84. The van der Waals surface area contributed by atoms with Crippen LogP contribution in [0.4, 0.5) is 0 Å². The second-order valence-corrected chi connectivity index (χ2v) is 5.45. The van der Waals surface area contributed by atoms with Crippen LogP contribution in [0.15, 0.2) is 48.5 Å². The van der Waals surface area contributed by atoms with Crippen LogP contribution in [0.5, 0.6) is 5.75 Å². The molecule has 2 aromatic rings. The molecule has 25 heavy (non-hydrogen) atoms. The molecule has 1 atom stereocenters. The van der Waals surface area contributed by atoms with Crippen LogP contribution in [0.25, 0.3) is 0 Å². The van der Waals surface area contributed by atoms with E-state index in [1.165, 1.54) is 0 Å². The van der Waals surface area contributed by atoms with E-state index in [-0.39, 0.29) is 6.61 Å². The highest BCUT2D eigenvalue weighted by Crippen LogP contribution is 2.14. The highest BCUT2D eigenvalue weighted by molar-refractivity contribution is 5.96. The molecule has 0 bridgehead atoms. The molecule has 0 heterocycles. The standard InChI is InChI=1S/C19H19NO5/c1-2-17(19(23)24)20-18(22)15-5-3-4-14(10-15)12-25-16-8-6-13(11-21)7-9-16/h3-11,17H,2,12H2,1H3,(H,20,22)(H,23,24). The molecular weight excluding hydrogens is 322 g/mol. The van der Waals surface area contributed by atoms with E-state index in [0.29, 0.717) is 23.3 Å². The number of carbonyl (C=O) groups excluding carboxylic acids is 2. The number of nitrogens with one attached hydrogen (secondary N) is 1. The van der Waals surface area contributed by atoms with Crippen molar-refractivity contribution >= 4 is 18.2 Å². The molecule has 0 aliphatic heterocycles. The van der Waals surface area contributed by atoms with E-state index in [2.05, 4.69) is 5.32 Å². The van der Waals surface area contributed by atoms with Crippen LogP contribution in [0.2, 0.25) is 0 Å². The van der Waals surface area contributed by atoms with Gasteiger partial charge in [-0.05, 0) is 48.4 Å². The van der Waals surface area contributed by atoms with Crippen LogP contribution in [0, 0.1) is 0 Å². The molecule has 0 saturated carbocycles. The Kier molecular flexibility index (Phi) is 6.28. The summed E-state index contributed by atoms with van der Waals surface area (Å²) in [5.41, 5.74) is 1.71. The van der Waals surface area contributed by atoms with Crippen molar-refractivity contribution in [3.63, 3.8) is 0 Å². The third kappa shape index (κ3) is 5.17. The topological polar surface area (TPSA) is 92.7 Å². The molecule has 0 radical (unpaired) electrons. The van der Waals surface area contributed by atoms with Crippen molar-refractivity contribution < 1.29 is 24.2 Å². The first kappa shape index (κ1) is 18.2. The van der Waals surface area contributed by atoms with Crippen LogP contribution in [0.1, 0.15) is 39.6 Å². The first-order valence-corrected chi connectivity index (χ1v) is 7.84. The lowest BCUT2D eigenvalue weighted by Gasteiger charge is -2.13. The van der Waals surface area contributed by atoms with Crippen molar-refractivity contribution in [1.82, 2.24) is 5.32 Å². The van der Waals surface area contributed by atoms with E-state index in [4.69, 9.17) is 9.84 Å². The number of carbonyl (C=O) groups is 3. The molecule has 0 aromatic heterocycles. The molecule has 2 rings (SSSR count). The number of hydrogen-bond donors (Lipinski definition) is 2. The van der Waals surface area contributed by atoms with Gasteiger partial charge in [0.05, 0.1) is 0 Å². The third-order valence-electron chi connectivity index (χ3n) is 3.62. The summed E-state index contributed by atoms with van der Waals surface area (Å²) < 4.78 is 5.63. The average Bonchev–Trinajstić information content (AvgIpc) is 2.64. The smallest absolute Gasteiger partial charge is 0.326 e. The highest BCUT2D eigenvalue weighted by atomic mass is 16.5. The summed E-state index contributed by atoms with van der Waals surface area (Å²) >= 11 is 0. The molecule has 1 amide bonds. The van der Waals surface area contributed by atoms with Crippen LogP contribution < -0.4 is 10.1 Å². The molecule has 6 nitrogen and oxygen atoms in total. The number of aliphatic carboxylic acids is 1. The summed E-state index contributed by atoms with van der Waals surface area (Å²) in [7, 11) is 0. The second kappa shape index (κ2) is 8.63. The zero-order valence-corrected chi connectivity index (χ0v) is 13.8. The van der Waals surface area contributed by atoms with E-state index in [9.17, 15) is 14.4 Å². The van der Waals surface area contributed by atoms with Gasteiger partial charge in [0.1, 0.15) is 24.7 Å². The highest BCUT2D eigenvalue weighted by Gasteiger charge is 2.18. The molecular formula is C19H19NO5. The molecule has 6 heteroatoms. The Morgan fingerprint density at radius 3 is 2.52 bits per heavy atom. The fraction of sp³-hybridized carbons (Fsp3) is 0.211. The Bertz CT molecular complexity index is 755. The van der Waals surface area contributed by atoms with Crippen molar-refractivity contribution in [2.75, 3.05) is 0 Å². The summed E-state index contributed by atoms with van der Waals surface area (Å²) in [6, 6.07) is 12.6. The quantitative estimate of drug-likeness (QED) is 0.720. The fourth-order valence-electron chi connectivity index (χ4n) is 2.19. The van der Waals surface area contributed by atoms with Crippen LogP contribution in [-0.4, -0.2) is 29.3 Å². The van der Waals surface area contributed by atoms with Gasteiger partial charge in [-0.25, -0.2) is 4.79 Å². The number of aldehydes is 1. The lowest BCUT2D eigenvalue weighted by atomic mass is 10.1. The average molecular weight is 341 g/mol. The lowest BCUT2D eigenvalue weighted by molar-refractivity contribution is -0.139. The van der Waals surface area contributed by atoms with Gasteiger partial charge in [0, 0.05) is 11.1 Å². The summed E-state index contributed by atoms with van der Waals surface area (Å²) in [6.45, 7) is 1.94. The number of carboxylic acid groups (broad SMARTS) is 1. The zero-order valence-electron chi connectivity index (χ0n) is 13.8. The van der Waals surface area contributed by atoms with Gasteiger partial charge in [-0.3, -0.25) is 9.59 Å². The van der Waals surface area contributed by atoms with Gasteiger partial charge in [0.2, 0.25) is 0 Å². The van der Waals surface area contributed by atoms with Gasteiger partial charge in [-0.2, -0.15) is 0 Å². The van der Waals surface area contributed by atoms with Crippen molar-refractivity contribution in [3.05, 3.63) is 65.2 Å². The van der Waals surface area contributed by atoms with Gasteiger partial charge in [0.15, 0.2) is 0 Å². The molecule has 130 valence electrons. The fourth-order valence-corrected chi connectivity index (χ4v) is 2.19. The Morgan fingerprint density at radius 1 is 1.20 bits per heavy atom. The summed E-state index contributed by atoms with van der Waals surface area (Å²) in [4.78, 5) is 33.8. The molecule has 0 aliphatic rings. The van der Waals surface area contributed by atoms with E-state index in [1.807, 2.05) is 6.07 Å². The minimum Gasteiger partial charge on any atom is -0.489 e. The predicted octanol–water partition coefficient (Wildman–Crippen LogP) is 2.67. The third-order valence-corrected chi connectivity index (χ3v) is 3.62. The lowest BCUT2D eigenvalue weighted by Crippen LogP contribution is -2.40. The van der Waals surface area contributed by atoms with Crippen molar-refractivity contribution in [2.45, 2.75) is 26.0 Å². The maximum atomic E-state index is 12.2. The monoisotopic (exact) mass is 341 g/mol. The molecule has 0 saturated heterocycles. The van der Waals surface area contributed by atoms with Crippen molar-refractivity contribution in [2.24, 2.45) is 0 Å². The van der Waals surface area contributed by atoms with Gasteiger partial charge >= 0.3 is 5.97 Å². The molecule has 0 aliphatic carbocycles. The number of ether oxygens (including phenoxy) is 1. The van der Waals surface area contributed by atoms with E-state index < -0.39 is 17.9 Å². The van der Waals surface area contributed by atoms with Gasteiger partial charge < -0.3 is 15.2 Å². The van der Waals surface area contributed by atoms with E-state index in [0.717, 1.165) is 11.8 Å². The largest absolute Gasteiger partial charge is 0.489 e. The van der Waals surface area contributed by atoms with Crippen LogP contribution in [0.3, 0.4) is 0 Å². The molecule has 2 aromatic carbocycles. The number of hydrogen-bond acceptors (Lipinski definition) is 4. The molecule has 0 spiro atoms. The normalized spacial score (nSPS) is 11.4. The summed E-state index contributed by atoms with van der Waals surface area (Å²) in [5, 5.41) is 11.5. The van der Waals surface area contributed by atoms with Crippen LogP contribution in [-0.2, 0) is 11.4 Å². The maximum absolute atomic E-state index is 12.2. The van der Waals surface area contributed by atoms with E-state index in [1.54, 1.807) is 49.4 Å². The molecule has 2 N–H and O–H groups in total. The van der Waals surface area contributed by atoms with Crippen molar-refractivity contribution in [3.8, 4) is 5.75 Å². The molecule has 0 fully saturated rings. The second-order valence-electron chi connectivity index (χ2n) is 5.45. The van der Waals surface area contributed by atoms with Gasteiger partial charge in [-0.1, -0.05) is 19.1 Å². The number of rotatable bonds is 8. The van der Waals surface area contributed by atoms with Crippen molar-refractivity contribution in [1.29, 1.82) is 0 Å². The predicted molar refractivity (Wildman–Crippen MR) is 91.8 cm³/mol. The van der Waals surface area contributed by atoms with Gasteiger partial charge in [0.25, 0.3) is 5.91 Å². The Morgan fingerprint density at radius 2 is 1.92 bits per heavy atom. The number of benzene rings is 2. The van der Waals surface area contributed by atoms with Crippen LogP contribution >= 0.6 is 0 Å². The zero-order chi connectivity index (χ0) is 18.2. The Hall–Kier alpha value is -3.15. The first-order chi connectivity index (χ1) is 12.0. The molecule has 1 unspecified atom stereocenters. The Labute approximate surface area is 145 Å². The minimum atomic E-state index is -1.06. The number of carboxylic acids is 1. The Balaban J connectivity index is 2.01. The summed E-state index contributed by atoms with van der Waals surface area (Å²) in [6.07, 6.45) is 1.06. The summed E-state index contributed by atoms with van der Waals surface area (Å²) in [5.74, 6) is -0.891. The van der Waals surface area contributed by atoms with Gasteiger partial charge in [-0.15, -0.1) is 0 Å².